The van der Waals surface area contributed by atoms with Crippen LogP contribution in [-0.4, -0.2) is 6.04 Å². The lowest BCUT2D eigenvalue weighted by Crippen LogP contribution is -2.22. The van der Waals surface area contributed by atoms with Crippen molar-refractivity contribution < 1.29 is 0 Å². The number of benzene rings is 1. The second-order valence-electron chi connectivity index (χ2n) is 5.11. The molecule has 16 heavy (non-hydrogen) atoms. The van der Waals surface area contributed by atoms with Gasteiger partial charge in [-0.3, -0.25) is 0 Å². The summed E-state index contributed by atoms with van der Waals surface area (Å²) in [6, 6.07) is 9.51. The number of hydrogen-bond donors (Lipinski definition) is 1. The maximum Gasteiger partial charge on any atom is 0.00703 e. The van der Waals surface area contributed by atoms with Gasteiger partial charge < -0.3 is 5.73 Å². The number of nitrogens with two attached hydrogens (primary N) is 1. The maximum absolute atomic E-state index is 6.10. The first-order valence-electron chi connectivity index (χ1n) is 6.63. The Morgan fingerprint density at radius 2 is 1.69 bits per heavy atom. The minimum Gasteiger partial charge on any atom is -0.327 e. The van der Waals surface area contributed by atoms with Crippen LogP contribution in [0.4, 0.5) is 0 Å². The molecule has 2 rings (SSSR count). The van der Waals surface area contributed by atoms with E-state index in [2.05, 4.69) is 31.2 Å². The lowest BCUT2D eigenvalue weighted by atomic mass is 10.0. The molecule has 1 aliphatic rings. The Morgan fingerprint density at radius 3 is 2.19 bits per heavy atom. The molecular weight excluding hydrogens is 194 g/mol. The Balaban J connectivity index is 1.79. The van der Waals surface area contributed by atoms with Crippen molar-refractivity contribution in [1.82, 2.24) is 0 Å². The Bertz CT molecular complexity index is 311. The highest BCUT2D eigenvalue weighted by Crippen LogP contribution is 2.33. The lowest BCUT2D eigenvalue weighted by Gasteiger charge is -2.10. The average Bonchev–Trinajstić information content (AvgIpc) is 3.12. The SMILES string of the molecule is CCCc1ccc(CCC(N)C2CC2)cc1. The van der Waals surface area contributed by atoms with Crippen LogP contribution in [0, 0.1) is 5.92 Å². The van der Waals surface area contributed by atoms with Crippen LogP contribution in [-0.2, 0) is 12.8 Å². The van der Waals surface area contributed by atoms with Gasteiger partial charge in [-0.15, -0.1) is 0 Å². The van der Waals surface area contributed by atoms with E-state index >= 15 is 0 Å². The van der Waals surface area contributed by atoms with Gasteiger partial charge in [0.15, 0.2) is 0 Å². The van der Waals surface area contributed by atoms with Crippen LogP contribution in [0.1, 0.15) is 43.7 Å². The van der Waals surface area contributed by atoms with E-state index in [-0.39, 0.29) is 0 Å². The molecule has 1 unspecified atom stereocenters. The third kappa shape index (κ3) is 3.34. The van der Waals surface area contributed by atoms with Crippen molar-refractivity contribution in [3.8, 4) is 0 Å². The summed E-state index contributed by atoms with van der Waals surface area (Å²) in [5.74, 6) is 0.833. The van der Waals surface area contributed by atoms with Gasteiger partial charge in [0, 0.05) is 6.04 Å². The van der Waals surface area contributed by atoms with Gasteiger partial charge in [-0.2, -0.15) is 0 Å². The first-order valence-corrected chi connectivity index (χ1v) is 6.63. The highest BCUT2D eigenvalue weighted by Gasteiger charge is 2.27. The van der Waals surface area contributed by atoms with E-state index in [1.165, 1.54) is 36.8 Å². The summed E-state index contributed by atoms with van der Waals surface area (Å²) in [5.41, 5.74) is 9.00. The Kier molecular flexibility index (Phi) is 4.00. The first-order chi connectivity index (χ1) is 7.79. The van der Waals surface area contributed by atoms with Gasteiger partial charge in [0.05, 0.1) is 0 Å². The van der Waals surface area contributed by atoms with Crippen molar-refractivity contribution in [1.29, 1.82) is 0 Å². The van der Waals surface area contributed by atoms with Gasteiger partial charge in [0.1, 0.15) is 0 Å². The zero-order valence-electron chi connectivity index (χ0n) is 10.3. The summed E-state index contributed by atoms with van der Waals surface area (Å²) < 4.78 is 0. The monoisotopic (exact) mass is 217 g/mol. The zero-order valence-corrected chi connectivity index (χ0v) is 10.3. The van der Waals surface area contributed by atoms with Gasteiger partial charge in [-0.1, -0.05) is 37.6 Å². The number of hydrogen-bond acceptors (Lipinski definition) is 1. The summed E-state index contributed by atoms with van der Waals surface area (Å²) in [5, 5.41) is 0. The molecule has 1 aliphatic carbocycles. The highest BCUT2D eigenvalue weighted by atomic mass is 14.7. The fraction of sp³-hybridized carbons (Fsp3) is 0.600. The fourth-order valence-corrected chi connectivity index (χ4v) is 2.25. The minimum absolute atomic E-state index is 0.440. The van der Waals surface area contributed by atoms with Gasteiger partial charge >= 0.3 is 0 Å². The van der Waals surface area contributed by atoms with Crippen LogP contribution in [0.15, 0.2) is 24.3 Å². The second kappa shape index (κ2) is 5.49. The molecule has 0 aromatic heterocycles. The minimum atomic E-state index is 0.440. The van der Waals surface area contributed by atoms with Gasteiger partial charge in [0.2, 0.25) is 0 Å². The van der Waals surface area contributed by atoms with Crippen molar-refractivity contribution in [3.63, 3.8) is 0 Å². The number of aryl methyl sites for hydroxylation is 2. The molecule has 0 amide bonds. The smallest absolute Gasteiger partial charge is 0.00703 e. The Labute approximate surface area is 99.0 Å². The van der Waals surface area contributed by atoms with Crippen LogP contribution in [0.3, 0.4) is 0 Å². The van der Waals surface area contributed by atoms with Crippen LogP contribution in [0.5, 0.6) is 0 Å². The predicted octanol–water partition coefficient (Wildman–Crippen LogP) is 3.31. The first kappa shape index (κ1) is 11.7. The summed E-state index contributed by atoms with van der Waals surface area (Å²) >= 11 is 0. The maximum atomic E-state index is 6.10. The molecule has 0 bridgehead atoms. The third-order valence-electron chi connectivity index (χ3n) is 3.56. The lowest BCUT2D eigenvalue weighted by molar-refractivity contribution is 0.550. The van der Waals surface area contributed by atoms with Crippen LogP contribution < -0.4 is 5.73 Å². The fourth-order valence-electron chi connectivity index (χ4n) is 2.25. The summed E-state index contributed by atoms with van der Waals surface area (Å²) in [4.78, 5) is 0. The standard InChI is InChI=1S/C15H23N/c1-2-3-12-4-6-13(7-5-12)8-11-15(16)14-9-10-14/h4-7,14-15H,2-3,8-11,16H2,1H3. The van der Waals surface area contributed by atoms with Crippen LogP contribution in [0.2, 0.25) is 0 Å². The molecule has 88 valence electrons. The summed E-state index contributed by atoms with van der Waals surface area (Å²) in [6.45, 7) is 2.22. The van der Waals surface area contributed by atoms with Crippen LogP contribution >= 0.6 is 0 Å². The van der Waals surface area contributed by atoms with Crippen molar-refractivity contribution in [2.24, 2.45) is 11.7 Å². The Hall–Kier alpha value is -0.820. The van der Waals surface area contributed by atoms with Crippen molar-refractivity contribution in [3.05, 3.63) is 35.4 Å². The largest absolute Gasteiger partial charge is 0.327 e. The normalized spacial score (nSPS) is 17.4. The molecule has 1 fully saturated rings. The predicted molar refractivity (Wildman–Crippen MR) is 69.5 cm³/mol. The molecule has 0 radical (unpaired) electrons. The van der Waals surface area contributed by atoms with Gasteiger partial charge in [-0.25, -0.2) is 0 Å². The average molecular weight is 217 g/mol. The summed E-state index contributed by atoms with van der Waals surface area (Å²) in [6.07, 6.45) is 7.43. The van der Waals surface area contributed by atoms with Crippen molar-refractivity contribution in [2.45, 2.75) is 51.5 Å². The van der Waals surface area contributed by atoms with E-state index in [0.29, 0.717) is 6.04 Å². The molecule has 1 aromatic carbocycles. The molecule has 0 aliphatic heterocycles. The molecule has 1 nitrogen and oxygen atoms in total. The molecular formula is C15H23N. The van der Waals surface area contributed by atoms with Crippen molar-refractivity contribution >= 4 is 0 Å². The number of rotatable bonds is 6. The molecule has 1 heteroatoms. The molecule has 1 aromatic rings. The molecule has 0 heterocycles. The second-order valence-corrected chi connectivity index (χ2v) is 5.11. The van der Waals surface area contributed by atoms with E-state index in [1.807, 2.05) is 0 Å². The van der Waals surface area contributed by atoms with Gasteiger partial charge in [0.25, 0.3) is 0 Å². The van der Waals surface area contributed by atoms with E-state index in [0.717, 1.165) is 18.8 Å². The highest BCUT2D eigenvalue weighted by molar-refractivity contribution is 5.22. The Morgan fingerprint density at radius 1 is 1.12 bits per heavy atom. The van der Waals surface area contributed by atoms with Crippen LogP contribution in [0.25, 0.3) is 0 Å². The van der Waals surface area contributed by atoms with Crippen molar-refractivity contribution in [2.75, 3.05) is 0 Å². The molecule has 0 saturated heterocycles. The van der Waals surface area contributed by atoms with Gasteiger partial charge in [-0.05, 0) is 49.1 Å². The topological polar surface area (TPSA) is 26.0 Å². The van der Waals surface area contributed by atoms with E-state index in [9.17, 15) is 0 Å². The third-order valence-corrected chi connectivity index (χ3v) is 3.56. The molecule has 2 N–H and O–H groups in total. The summed E-state index contributed by atoms with van der Waals surface area (Å²) in [7, 11) is 0. The van der Waals surface area contributed by atoms with E-state index in [1.54, 1.807) is 0 Å². The quantitative estimate of drug-likeness (QED) is 0.777. The van der Waals surface area contributed by atoms with E-state index < -0.39 is 0 Å². The zero-order chi connectivity index (χ0) is 11.4. The molecule has 0 spiro atoms. The molecule has 1 saturated carbocycles. The van der Waals surface area contributed by atoms with E-state index in [4.69, 9.17) is 5.73 Å². The molecule has 1 atom stereocenters.